The molecule has 1 amide bonds. The van der Waals surface area contributed by atoms with E-state index in [0.29, 0.717) is 29.1 Å². The molecule has 1 aromatic heterocycles. The van der Waals surface area contributed by atoms with Crippen molar-refractivity contribution in [3.8, 4) is 5.75 Å². The van der Waals surface area contributed by atoms with Gasteiger partial charge in [-0.2, -0.15) is 0 Å². The van der Waals surface area contributed by atoms with E-state index in [9.17, 15) is 4.79 Å². The lowest BCUT2D eigenvalue weighted by Gasteiger charge is -2.27. The number of ether oxygens (including phenoxy) is 1. The van der Waals surface area contributed by atoms with Gasteiger partial charge in [-0.05, 0) is 56.6 Å². The van der Waals surface area contributed by atoms with Gasteiger partial charge in [0.25, 0.3) is 0 Å². The van der Waals surface area contributed by atoms with Crippen LogP contribution in [-0.2, 0) is 11.4 Å². The van der Waals surface area contributed by atoms with Crippen LogP contribution in [0.3, 0.4) is 0 Å². The van der Waals surface area contributed by atoms with Gasteiger partial charge in [-0.25, -0.2) is 0 Å². The van der Waals surface area contributed by atoms with Crippen LogP contribution in [0, 0.1) is 5.92 Å². The summed E-state index contributed by atoms with van der Waals surface area (Å²) in [5.41, 5.74) is 1.52. The average molecular weight is 360 g/mol. The zero-order valence-corrected chi connectivity index (χ0v) is 14.9. The molecule has 2 heterocycles. The molecular weight excluding hydrogens is 338 g/mol. The molecule has 1 aliphatic heterocycles. The Morgan fingerprint density at radius 1 is 1.40 bits per heavy atom. The van der Waals surface area contributed by atoms with E-state index in [1.54, 1.807) is 18.3 Å². The Morgan fingerprint density at radius 2 is 2.28 bits per heavy atom. The molecule has 25 heavy (non-hydrogen) atoms. The van der Waals surface area contributed by atoms with E-state index in [2.05, 4.69) is 22.5 Å². The molecule has 0 bridgehead atoms. The number of benzene rings is 1. The molecular formula is C19H22ClN3O2. The molecule has 1 saturated heterocycles. The summed E-state index contributed by atoms with van der Waals surface area (Å²) in [4.78, 5) is 16.6. The minimum Gasteiger partial charge on any atom is -0.486 e. The second kappa shape index (κ2) is 8.32. The van der Waals surface area contributed by atoms with Gasteiger partial charge in [-0.15, -0.1) is 0 Å². The summed E-state index contributed by atoms with van der Waals surface area (Å²) in [7, 11) is 0. The van der Waals surface area contributed by atoms with Crippen LogP contribution in [0.4, 0.5) is 5.69 Å². The molecule has 6 heteroatoms. The molecule has 5 nitrogen and oxygen atoms in total. The highest BCUT2D eigenvalue weighted by Gasteiger charge is 2.24. The maximum absolute atomic E-state index is 12.4. The van der Waals surface area contributed by atoms with Gasteiger partial charge in [0.1, 0.15) is 12.4 Å². The summed E-state index contributed by atoms with van der Waals surface area (Å²) in [5, 5.41) is 6.77. The van der Waals surface area contributed by atoms with Gasteiger partial charge in [0, 0.05) is 23.8 Å². The van der Waals surface area contributed by atoms with Gasteiger partial charge in [-0.3, -0.25) is 9.78 Å². The van der Waals surface area contributed by atoms with E-state index >= 15 is 0 Å². The first kappa shape index (κ1) is 17.7. The zero-order chi connectivity index (χ0) is 17.6. The number of carbonyl (C=O) groups is 1. The quantitative estimate of drug-likeness (QED) is 0.855. The molecule has 2 N–H and O–H groups in total. The minimum absolute atomic E-state index is 0.0371. The largest absolute Gasteiger partial charge is 0.486 e. The number of aromatic nitrogens is 1. The number of halogens is 1. The number of hydrogen-bond acceptors (Lipinski definition) is 4. The summed E-state index contributed by atoms with van der Waals surface area (Å²) in [6.45, 7) is 3.32. The molecule has 1 fully saturated rings. The second-order valence-electron chi connectivity index (χ2n) is 6.32. The van der Waals surface area contributed by atoms with E-state index in [0.717, 1.165) is 25.1 Å². The molecule has 0 spiro atoms. The molecule has 2 atom stereocenters. The molecule has 0 saturated carbocycles. The summed E-state index contributed by atoms with van der Waals surface area (Å²) in [6.07, 6.45) is 3.43. The zero-order valence-electron chi connectivity index (χ0n) is 14.2. The Hall–Kier alpha value is -2.11. The maximum atomic E-state index is 12.4. The number of rotatable bonds is 5. The van der Waals surface area contributed by atoms with Gasteiger partial charge in [0.15, 0.2) is 0 Å². The molecule has 3 rings (SSSR count). The van der Waals surface area contributed by atoms with Gasteiger partial charge < -0.3 is 15.4 Å². The van der Waals surface area contributed by atoms with Crippen LogP contribution < -0.4 is 15.4 Å². The van der Waals surface area contributed by atoms with Crippen molar-refractivity contribution in [3.63, 3.8) is 0 Å². The van der Waals surface area contributed by atoms with Crippen LogP contribution >= 0.6 is 11.6 Å². The number of nitrogens with one attached hydrogen (secondary N) is 2. The van der Waals surface area contributed by atoms with Crippen LogP contribution in [0.25, 0.3) is 0 Å². The van der Waals surface area contributed by atoms with Gasteiger partial charge >= 0.3 is 0 Å². The number of nitrogens with zero attached hydrogens (tertiary/aromatic N) is 1. The maximum Gasteiger partial charge on any atom is 0.227 e. The van der Waals surface area contributed by atoms with Crippen molar-refractivity contribution in [2.45, 2.75) is 32.4 Å². The fourth-order valence-corrected chi connectivity index (χ4v) is 3.18. The van der Waals surface area contributed by atoms with Crippen LogP contribution in [0.2, 0.25) is 5.02 Å². The fourth-order valence-electron chi connectivity index (χ4n) is 2.95. The highest BCUT2D eigenvalue weighted by Crippen LogP contribution is 2.29. The lowest BCUT2D eigenvalue weighted by atomic mass is 9.92. The predicted octanol–water partition coefficient (Wildman–Crippen LogP) is 3.64. The summed E-state index contributed by atoms with van der Waals surface area (Å²) in [6, 6.07) is 11.3. The van der Waals surface area contributed by atoms with Crippen LogP contribution in [0.5, 0.6) is 5.75 Å². The van der Waals surface area contributed by atoms with Crippen LogP contribution in [-0.4, -0.2) is 23.5 Å². The van der Waals surface area contributed by atoms with Crippen molar-refractivity contribution in [2.24, 2.45) is 5.92 Å². The Balaban J connectivity index is 1.58. The first-order valence-electron chi connectivity index (χ1n) is 8.48. The number of carbonyl (C=O) groups excluding carboxylic acids is 1. The predicted molar refractivity (Wildman–Crippen MR) is 98.8 cm³/mol. The molecule has 1 aromatic carbocycles. The standard InChI is InChI=1S/C19H22ClN3O2/c1-13-10-14(7-9-21-13)19(24)23-15-5-6-18(17(20)11-15)25-12-16-4-2-3-8-22-16/h2-6,8,11,13-14,21H,7,9-10,12H2,1H3,(H,23,24)/t13-,14-/m0/s1. The third kappa shape index (κ3) is 4.94. The SMILES string of the molecule is C[C@H]1C[C@@H](C(=O)Nc2ccc(OCc3ccccn3)c(Cl)c2)CCN1. The molecule has 2 aromatic rings. The second-order valence-corrected chi connectivity index (χ2v) is 6.73. The average Bonchev–Trinajstić information content (AvgIpc) is 2.62. The molecule has 132 valence electrons. The summed E-state index contributed by atoms with van der Waals surface area (Å²) >= 11 is 6.28. The van der Waals surface area contributed by atoms with Gasteiger partial charge in [0.2, 0.25) is 5.91 Å². The molecule has 0 radical (unpaired) electrons. The molecule has 0 unspecified atom stereocenters. The number of piperidine rings is 1. The lowest BCUT2D eigenvalue weighted by Crippen LogP contribution is -2.40. The topological polar surface area (TPSA) is 63.2 Å². The highest BCUT2D eigenvalue weighted by atomic mass is 35.5. The van der Waals surface area contributed by atoms with Crippen molar-refractivity contribution in [3.05, 3.63) is 53.3 Å². The van der Waals surface area contributed by atoms with Gasteiger partial charge in [0.05, 0.1) is 10.7 Å². The Kier molecular flexibility index (Phi) is 5.89. The van der Waals surface area contributed by atoms with E-state index in [4.69, 9.17) is 16.3 Å². The smallest absolute Gasteiger partial charge is 0.227 e. The minimum atomic E-state index is 0.0371. The highest BCUT2D eigenvalue weighted by molar-refractivity contribution is 6.32. The van der Waals surface area contributed by atoms with Crippen molar-refractivity contribution in [1.82, 2.24) is 10.3 Å². The first-order chi connectivity index (χ1) is 12.1. The lowest BCUT2D eigenvalue weighted by molar-refractivity contribution is -0.120. The number of hydrogen-bond donors (Lipinski definition) is 2. The molecule has 1 aliphatic rings. The third-order valence-corrected chi connectivity index (χ3v) is 4.59. The fraction of sp³-hybridized carbons (Fsp3) is 0.368. The number of anilines is 1. The van der Waals surface area contributed by atoms with Crippen LogP contribution in [0.15, 0.2) is 42.6 Å². The third-order valence-electron chi connectivity index (χ3n) is 4.30. The Bertz CT molecular complexity index is 724. The summed E-state index contributed by atoms with van der Waals surface area (Å²) < 4.78 is 5.70. The van der Waals surface area contributed by atoms with Crippen molar-refractivity contribution < 1.29 is 9.53 Å². The van der Waals surface area contributed by atoms with E-state index in [-0.39, 0.29) is 11.8 Å². The van der Waals surface area contributed by atoms with Crippen molar-refractivity contribution in [1.29, 1.82) is 0 Å². The van der Waals surface area contributed by atoms with Gasteiger partial charge in [-0.1, -0.05) is 17.7 Å². The van der Waals surface area contributed by atoms with Crippen molar-refractivity contribution in [2.75, 3.05) is 11.9 Å². The van der Waals surface area contributed by atoms with E-state index in [1.165, 1.54) is 0 Å². The van der Waals surface area contributed by atoms with Crippen LogP contribution in [0.1, 0.15) is 25.5 Å². The van der Waals surface area contributed by atoms with E-state index in [1.807, 2.05) is 24.3 Å². The Morgan fingerprint density at radius 3 is 3.00 bits per heavy atom. The normalized spacial score (nSPS) is 20.1. The van der Waals surface area contributed by atoms with Crippen molar-refractivity contribution >= 4 is 23.2 Å². The van der Waals surface area contributed by atoms with E-state index < -0.39 is 0 Å². The molecule has 0 aliphatic carbocycles. The number of amides is 1. The summed E-state index contributed by atoms with van der Waals surface area (Å²) in [5.74, 6) is 0.655. The Labute approximate surface area is 152 Å². The first-order valence-corrected chi connectivity index (χ1v) is 8.86. The monoisotopic (exact) mass is 359 g/mol. The number of pyridine rings is 1.